The van der Waals surface area contributed by atoms with Crippen LogP contribution in [0, 0.1) is 0 Å². The average Bonchev–Trinajstić information content (AvgIpc) is 2.56. The second-order valence-electron chi connectivity index (χ2n) is 3.36. The first-order valence-electron chi connectivity index (χ1n) is 4.57. The van der Waals surface area contributed by atoms with Crippen LogP contribution in [0.1, 0.15) is 0 Å². The number of amides is 1. The summed E-state index contributed by atoms with van der Waals surface area (Å²) in [5.74, 6) is -0.00412. The summed E-state index contributed by atoms with van der Waals surface area (Å²) in [5, 5.41) is 6.76. The Balaban J connectivity index is 2.17. The smallest absolute Gasteiger partial charge is 0.241 e. The SMILES string of the molecule is CN(C)CCNC(=O)Cn1cccn1. The van der Waals surface area contributed by atoms with Gasteiger partial charge in [-0.3, -0.25) is 9.48 Å². The van der Waals surface area contributed by atoms with E-state index in [0.717, 1.165) is 6.54 Å². The second-order valence-corrected chi connectivity index (χ2v) is 3.36. The first-order chi connectivity index (χ1) is 6.68. The van der Waals surface area contributed by atoms with Crippen LogP contribution in [0.5, 0.6) is 0 Å². The molecule has 0 fully saturated rings. The molecule has 1 heterocycles. The fourth-order valence-electron chi connectivity index (χ4n) is 1.02. The van der Waals surface area contributed by atoms with Crippen molar-refractivity contribution in [2.45, 2.75) is 6.54 Å². The van der Waals surface area contributed by atoms with Gasteiger partial charge in [-0.2, -0.15) is 5.10 Å². The highest BCUT2D eigenvalue weighted by molar-refractivity contribution is 5.75. The Labute approximate surface area is 83.7 Å². The summed E-state index contributed by atoms with van der Waals surface area (Å²) in [4.78, 5) is 13.3. The van der Waals surface area contributed by atoms with Crippen molar-refractivity contribution >= 4 is 5.91 Å². The van der Waals surface area contributed by atoms with Gasteiger partial charge in [0.1, 0.15) is 6.54 Å². The quantitative estimate of drug-likeness (QED) is 0.694. The molecule has 0 aliphatic rings. The van der Waals surface area contributed by atoms with E-state index < -0.39 is 0 Å². The largest absolute Gasteiger partial charge is 0.353 e. The minimum atomic E-state index is -0.00412. The number of hydrogen-bond donors (Lipinski definition) is 1. The summed E-state index contributed by atoms with van der Waals surface area (Å²) in [6, 6.07) is 1.80. The van der Waals surface area contributed by atoms with Crippen LogP contribution in [0.2, 0.25) is 0 Å². The Morgan fingerprint density at radius 2 is 2.36 bits per heavy atom. The van der Waals surface area contributed by atoms with E-state index >= 15 is 0 Å². The first-order valence-corrected chi connectivity index (χ1v) is 4.57. The summed E-state index contributed by atoms with van der Waals surface area (Å²) >= 11 is 0. The molecule has 0 atom stereocenters. The van der Waals surface area contributed by atoms with Gasteiger partial charge in [0.05, 0.1) is 0 Å². The second kappa shape index (κ2) is 5.39. The van der Waals surface area contributed by atoms with E-state index in [-0.39, 0.29) is 5.91 Å². The Morgan fingerprint density at radius 3 is 2.93 bits per heavy atom. The highest BCUT2D eigenvalue weighted by Gasteiger charge is 2.01. The summed E-state index contributed by atoms with van der Waals surface area (Å²) in [6.07, 6.45) is 3.43. The predicted molar refractivity (Wildman–Crippen MR) is 53.8 cm³/mol. The van der Waals surface area contributed by atoms with Crippen molar-refractivity contribution in [1.82, 2.24) is 20.0 Å². The van der Waals surface area contributed by atoms with E-state index in [1.165, 1.54) is 0 Å². The topological polar surface area (TPSA) is 50.2 Å². The van der Waals surface area contributed by atoms with Crippen molar-refractivity contribution in [3.8, 4) is 0 Å². The lowest BCUT2D eigenvalue weighted by Gasteiger charge is -2.10. The van der Waals surface area contributed by atoms with Gasteiger partial charge in [0.25, 0.3) is 0 Å². The third-order valence-corrected chi connectivity index (χ3v) is 1.75. The lowest BCUT2D eigenvalue weighted by atomic mass is 10.5. The maximum atomic E-state index is 11.3. The van der Waals surface area contributed by atoms with Crippen LogP contribution in [0.4, 0.5) is 0 Å². The number of rotatable bonds is 5. The molecule has 0 aliphatic carbocycles. The molecule has 5 nitrogen and oxygen atoms in total. The van der Waals surface area contributed by atoms with Crippen LogP contribution in [-0.2, 0) is 11.3 Å². The Bertz CT molecular complexity index is 268. The van der Waals surface area contributed by atoms with Crippen molar-refractivity contribution in [1.29, 1.82) is 0 Å². The number of nitrogens with one attached hydrogen (secondary N) is 1. The zero-order valence-corrected chi connectivity index (χ0v) is 8.60. The monoisotopic (exact) mass is 196 g/mol. The van der Waals surface area contributed by atoms with E-state index in [0.29, 0.717) is 13.1 Å². The zero-order chi connectivity index (χ0) is 10.4. The molecule has 1 N–H and O–H groups in total. The van der Waals surface area contributed by atoms with E-state index in [9.17, 15) is 4.79 Å². The number of nitrogens with zero attached hydrogens (tertiary/aromatic N) is 3. The molecule has 1 amide bonds. The van der Waals surface area contributed by atoms with Crippen molar-refractivity contribution in [3.63, 3.8) is 0 Å². The van der Waals surface area contributed by atoms with Gasteiger partial charge in [-0.15, -0.1) is 0 Å². The number of aromatic nitrogens is 2. The first kappa shape index (κ1) is 10.7. The fraction of sp³-hybridized carbons (Fsp3) is 0.556. The molecule has 14 heavy (non-hydrogen) atoms. The van der Waals surface area contributed by atoms with Crippen molar-refractivity contribution in [2.75, 3.05) is 27.2 Å². The molecular weight excluding hydrogens is 180 g/mol. The predicted octanol–water partition coefficient (Wildman–Crippen LogP) is -0.439. The Hall–Kier alpha value is -1.36. The highest BCUT2D eigenvalue weighted by atomic mass is 16.2. The van der Waals surface area contributed by atoms with Crippen LogP contribution in [0.25, 0.3) is 0 Å². The van der Waals surface area contributed by atoms with Crippen molar-refractivity contribution in [2.24, 2.45) is 0 Å². The number of hydrogen-bond acceptors (Lipinski definition) is 3. The van der Waals surface area contributed by atoms with E-state index in [4.69, 9.17) is 0 Å². The third kappa shape index (κ3) is 4.04. The normalized spacial score (nSPS) is 10.5. The molecule has 0 aliphatic heterocycles. The van der Waals surface area contributed by atoms with Gasteiger partial charge in [0, 0.05) is 25.5 Å². The minimum absolute atomic E-state index is 0.00412. The lowest BCUT2D eigenvalue weighted by Crippen LogP contribution is -2.33. The van der Waals surface area contributed by atoms with Gasteiger partial charge in [0.2, 0.25) is 5.91 Å². The lowest BCUT2D eigenvalue weighted by molar-refractivity contribution is -0.121. The van der Waals surface area contributed by atoms with Gasteiger partial charge in [-0.1, -0.05) is 0 Å². The molecule has 5 heteroatoms. The molecular formula is C9H16N4O. The minimum Gasteiger partial charge on any atom is -0.353 e. The highest BCUT2D eigenvalue weighted by Crippen LogP contribution is 1.83. The van der Waals surface area contributed by atoms with E-state index in [2.05, 4.69) is 10.4 Å². The van der Waals surface area contributed by atoms with Crippen LogP contribution in [0.3, 0.4) is 0 Å². The van der Waals surface area contributed by atoms with Gasteiger partial charge in [0.15, 0.2) is 0 Å². The van der Waals surface area contributed by atoms with Gasteiger partial charge >= 0.3 is 0 Å². The molecule has 0 bridgehead atoms. The summed E-state index contributed by atoms with van der Waals surface area (Å²) < 4.78 is 1.60. The van der Waals surface area contributed by atoms with Gasteiger partial charge in [-0.25, -0.2) is 0 Å². The molecule has 0 radical (unpaired) electrons. The van der Waals surface area contributed by atoms with Crippen molar-refractivity contribution < 1.29 is 4.79 Å². The number of likely N-dealkylation sites (N-methyl/N-ethyl adjacent to an activating group) is 1. The zero-order valence-electron chi connectivity index (χ0n) is 8.60. The molecule has 0 spiro atoms. The van der Waals surface area contributed by atoms with Crippen LogP contribution in [-0.4, -0.2) is 47.8 Å². The standard InChI is InChI=1S/C9H16N4O/c1-12(2)7-5-10-9(14)8-13-6-3-4-11-13/h3-4,6H,5,7-8H2,1-2H3,(H,10,14). The molecule has 0 aromatic carbocycles. The average molecular weight is 196 g/mol. The van der Waals surface area contributed by atoms with Crippen LogP contribution in [0.15, 0.2) is 18.5 Å². The maximum absolute atomic E-state index is 11.3. The third-order valence-electron chi connectivity index (χ3n) is 1.75. The van der Waals surface area contributed by atoms with Crippen LogP contribution >= 0.6 is 0 Å². The molecule has 0 saturated carbocycles. The van der Waals surface area contributed by atoms with E-state index in [1.54, 1.807) is 23.1 Å². The van der Waals surface area contributed by atoms with Gasteiger partial charge < -0.3 is 10.2 Å². The molecule has 78 valence electrons. The number of carbonyl (C=O) groups excluding carboxylic acids is 1. The molecule has 1 rings (SSSR count). The summed E-state index contributed by atoms with van der Waals surface area (Å²) in [5.41, 5.74) is 0. The molecule has 1 aromatic rings. The summed E-state index contributed by atoms with van der Waals surface area (Å²) in [6.45, 7) is 1.82. The van der Waals surface area contributed by atoms with E-state index in [1.807, 2.05) is 19.0 Å². The molecule has 0 unspecified atom stereocenters. The molecule has 0 saturated heterocycles. The van der Waals surface area contributed by atoms with Crippen LogP contribution < -0.4 is 5.32 Å². The maximum Gasteiger partial charge on any atom is 0.241 e. The fourth-order valence-corrected chi connectivity index (χ4v) is 1.02. The van der Waals surface area contributed by atoms with Crippen molar-refractivity contribution in [3.05, 3.63) is 18.5 Å². The number of carbonyl (C=O) groups is 1. The summed E-state index contributed by atoms with van der Waals surface area (Å²) in [7, 11) is 3.94. The van der Waals surface area contributed by atoms with Gasteiger partial charge in [-0.05, 0) is 20.2 Å². The Morgan fingerprint density at radius 1 is 1.57 bits per heavy atom. The molecule has 1 aromatic heterocycles. The Kier molecular flexibility index (Phi) is 4.12.